The standard InChI is InChI=1S/C58H37NO2/c1-2-10-38(11-3-1)39-26-31-46(32-27-39)59(47-33-28-42(29-34-47)49-16-9-19-55-57(49)50-14-4-6-17-53(50)60-55)48-13-8-12-44(36-48)40-20-22-41(23-21-40)45-25-24-43-30-35-56-58(52(43)37-45)51-15-5-7-18-54(51)61-56/h1-37H. The molecule has 0 saturated heterocycles. The second kappa shape index (κ2) is 14.3. The van der Waals surface area contributed by atoms with Crippen LogP contribution >= 0.6 is 0 Å². The van der Waals surface area contributed by atoms with Crippen molar-refractivity contribution in [3.63, 3.8) is 0 Å². The maximum Gasteiger partial charge on any atom is 0.136 e. The van der Waals surface area contributed by atoms with Crippen LogP contribution in [0, 0.1) is 0 Å². The number of rotatable bonds is 7. The number of hydrogen-bond acceptors (Lipinski definition) is 3. The van der Waals surface area contributed by atoms with Gasteiger partial charge in [-0.25, -0.2) is 0 Å². The number of benzene rings is 10. The van der Waals surface area contributed by atoms with Gasteiger partial charge < -0.3 is 13.7 Å². The van der Waals surface area contributed by atoms with Crippen LogP contribution in [0.25, 0.3) is 99.2 Å². The summed E-state index contributed by atoms with van der Waals surface area (Å²) in [6.07, 6.45) is 0. The zero-order valence-corrected chi connectivity index (χ0v) is 33.1. The van der Waals surface area contributed by atoms with Gasteiger partial charge in [0, 0.05) is 38.6 Å². The van der Waals surface area contributed by atoms with Gasteiger partial charge in [0.15, 0.2) is 0 Å². The Balaban J connectivity index is 0.912. The summed E-state index contributed by atoms with van der Waals surface area (Å²) >= 11 is 0. The Hall–Kier alpha value is -8.14. The van der Waals surface area contributed by atoms with Gasteiger partial charge in [0.1, 0.15) is 22.3 Å². The molecule has 2 aromatic heterocycles. The molecule has 286 valence electrons. The van der Waals surface area contributed by atoms with E-state index in [0.29, 0.717) is 0 Å². The van der Waals surface area contributed by atoms with Crippen molar-refractivity contribution >= 4 is 71.7 Å². The first-order valence-corrected chi connectivity index (χ1v) is 20.7. The number of para-hydroxylation sites is 2. The largest absolute Gasteiger partial charge is 0.456 e. The van der Waals surface area contributed by atoms with Gasteiger partial charge in [0.2, 0.25) is 0 Å². The van der Waals surface area contributed by atoms with Gasteiger partial charge >= 0.3 is 0 Å². The smallest absolute Gasteiger partial charge is 0.136 e. The number of nitrogens with zero attached hydrogens (tertiary/aromatic N) is 1. The third kappa shape index (κ3) is 6.06. The van der Waals surface area contributed by atoms with E-state index in [1.165, 1.54) is 38.4 Å². The summed E-state index contributed by atoms with van der Waals surface area (Å²) in [5, 5.41) is 6.99. The highest BCUT2D eigenvalue weighted by atomic mass is 16.3. The van der Waals surface area contributed by atoms with Crippen LogP contribution in [0.1, 0.15) is 0 Å². The monoisotopic (exact) mass is 779 g/mol. The van der Waals surface area contributed by atoms with E-state index in [9.17, 15) is 0 Å². The highest BCUT2D eigenvalue weighted by molar-refractivity contribution is 6.19. The van der Waals surface area contributed by atoms with E-state index in [4.69, 9.17) is 8.83 Å². The summed E-state index contributed by atoms with van der Waals surface area (Å²) in [6, 6.07) is 80.0. The molecule has 3 heteroatoms. The summed E-state index contributed by atoms with van der Waals surface area (Å²) in [5.41, 5.74) is 16.2. The lowest BCUT2D eigenvalue weighted by Crippen LogP contribution is -2.10. The Kier molecular flexibility index (Phi) is 8.17. The summed E-state index contributed by atoms with van der Waals surface area (Å²) in [4.78, 5) is 2.35. The number of hydrogen-bond donors (Lipinski definition) is 0. The van der Waals surface area contributed by atoms with Crippen LogP contribution in [-0.2, 0) is 0 Å². The fourth-order valence-electron chi connectivity index (χ4n) is 9.09. The molecule has 12 rings (SSSR count). The molecular formula is C58H37NO2. The molecule has 12 aromatic rings. The third-order valence-corrected chi connectivity index (χ3v) is 12.1. The molecule has 2 heterocycles. The average molecular weight is 780 g/mol. The van der Waals surface area contributed by atoms with E-state index in [0.717, 1.165) is 77.8 Å². The molecular weight excluding hydrogens is 743 g/mol. The van der Waals surface area contributed by atoms with Crippen molar-refractivity contribution in [3.05, 3.63) is 224 Å². The minimum Gasteiger partial charge on any atom is -0.456 e. The normalized spacial score (nSPS) is 11.6. The van der Waals surface area contributed by atoms with Crippen LogP contribution in [0.15, 0.2) is 233 Å². The van der Waals surface area contributed by atoms with Gasteiger partial charge in [-0.1, -0.05) is 158 Å². The second-order valence-corrected chi connectivity index (χ2v) is 15.7. The molecule has 0 amide bonds. The van der Waals surface area contributed by atoms with E-state index in [1.54, 1.807) is 0 Å². The molecule has 0 spiro atoms. The van der Waals surface area contributed by atoms with Crippen LogP contribution in [0.5, 0.6) is 0 Å². The molecule has 0 radical (unpaired) electrons. The predicted molar refractivity (Wildman–Crippen MR) is 255 cm³/mol. The highest BCUT2D eigenvalue weighted by Crippen LogP contribution is 2.42. The van der Waals surface area contributed by atoms with E-state index < -0.39 is 0 Å². The van der Waals surface area contributed by atoms with Crippen LogP contribution in [-0.4, -0.2) is 0 Å². The fraction of sp³-hybridized carbons (Fsp3) is 0. The van der Waals surface area contributed by atoms with Crippen LogP contribution in [0.3, 0.4) is 0 Å². The second-order valence-electron chi connectivity index (χ2n) is 15.7. The molecule has 0 unspecified atom stereocenters. The first-order valence-electron chi connectivity index (χ1n) is 20.7. The molecule has 0 aliphatic heterocycles. The first-order chi connectivity index (χ1) is 30.2. The Bertz CT molecular complexity index is 3560. The molecule has 0 saturated carbocycles. The molecule has 0 fully saturated rings. The fourth-order valence-corrected chi connectivity index (χ4v) is 9.09. The van der Waals surface area contributed by atoms with Crippen LogP contribution < -0.4 is 4.90 Å². The Labute approximate surface area is 353 Å². The predicted octanol–water partition coefficient (Wildman–Crippen LogP) is 16.8. The van der Waals surface area contributed by atoms with Crippen LogP contribution in [0.2, 0.25) is 0 Å². The molecule has 0 aliphatic carbocycles. The summed E-state index contributed by atoms with van der Waals surface area (Å²) in [5.74, 6) is 0. The van der Waals surface area contributed by atoms with Gasteiger partial charge in [0.25, 0.3) is 0 Å². The number of anilines is 3. The lowest BCUT2D eigenvalue weighted by Gasteiger charge is -2.26. The molecule has 3 nitrogen and oxygen atoms in total. The van der Waals surface area contributed by atoms with Crippen molar-refractivity contribution in [2.24, 2.45) is 0 Å². The van der Waals surface area contributed by atoms with E-state index >= 15 is 0 Å². The zero-order chi connectivity index (χ0) is 40.3. The molecule has 10 aromatic carbocycles. The van der Waals surface area contributed by atoms with E-state index in [-0.39, 0.29) is 0 Å². The average Bonchev–Trinajstić information content (AvgIpc) is 3.92. The summed E-state index contributed by atoms with van der Waals surface area (Å²) in [7, 11) is 0. The first kappa shape index (κ1) is 34.9. The van der Waals surface area contributed by atoms with Gasteiger partial charge in [-0.2, -0.15) is 0 Å². The lowest BCUT2D eigenvalue weighted by atomic mass is 9.96. The SMILES string of the molecule is c1ccc(-c2ccc(N(c3ccc(-c4cccc5oc6ccccc6c45)cc3)c3cccc(-c4ccc(-c5ccc6ccc7oc8ccccc8c7c6c5)cc4)c3)cc2)cc1. The number of furan rings is 2. The molecule has 0 atom stereocenters. The van der Waals surface area contributed by atoms with E-state index in [1.807, 2.05) is 24.3 Å². The highest BCUT2D eigenvalue weighted by Gasteiger charge is 2.17. The lowest BCUT2D eigenvalue weighted by molar-refractivity contribution is 0.668. The maximum absolute atomic E-state index is 6.24. The quantitative estimate of drug-likeness (QED) is 0.161. The van der Waals surface area contributed by atoms with Gasteiger partial charge in [0.05, 0.1) is 0 Å². The Morgan fingerprint density at radius 2 is 0.738 bits per heavy atom. The molecule has 61 heavy (non-hydrogen) atoms. The van der Waals surface area contributed by atoms with Crippen molar-refractivity contribution < 1.29 is 8.83 Å². The van der Waals surface area contributed by atoms with Crippen molar-refractivity contribution in [1.82, 2.24) is 0 Å². The van der Waals surface area contributed by atoms with Gasteiger partial charge in [-0.05, 0) is 122 Å². The maximum atomic E-state index is 6.24. The zero-order valence-electron chi connectivity index (χ0n) is 33.1. The number of fused-ring (bicyclic) bond motifs is 8. The minimum absolute atomic E-state index is 0.898. The summed E-state index contributed by atoms with van der Waals surface area (Å²) in [6.45, 7) is 0. The molecule has 0 bridgehead atoms. The van der Waals surface area contributed by atoms with Crippen molar-refractivity contribution in [1.29, 1.82) is 0 Å². The molecule has 0 N–H and O–H groups in total. The third-order valence-electron chi connectivity index (χ3n) is 12.1. The van der Waals surface area contributed by atoms with Crippen molar-refractivity contribution in [3.8, 4) is 44.5 Å². The summed E-state index contributed by atoms with van der Waals surface area (Å²) < 4.78 is 12.5. The topological polar surface area (TPSA) is 29.5 Å². The van der Waals surface area contributed by atoms with Gasteiger partial charge in [-0.3, -0.25) is 0 Å². The van der Waals surface area contributed by atoms with E-state index in [2.05, 4.69) is 205 Å². The van der Waals surface area contributed by atoms with Crippen molar-refractivity contribution in [2.45, 2.75) is 0 Å². The minimum atomic E-state index is 0.898. The Morgan fingerprint density at radius 3 is 1.44 bits per heavy atom. The van der Waals surface area contributed by atoms with Crippen molar-refractivity contribution in [2.75, 3.05) is 4.90 Å². The van der Waals surface area contributed by atoms with Gasteiger partial charge in [-0.15, -0.1) is 0 Å². The Morgan fingerprint density at radius 1 is 0.262 bits per heavy atom. The molecule has 0 aliphatic rings. The van der Waals surface area contributed by atoms with Crippen LogP contribution in [0.4, 0.5) is 17.1 Å².